The van der Waals surface area contributed by atoms with Gasteiger partial charge in [-0.15, -0.1) is 0 Å². The van der Waals surface area contributed by atoms with Gasteiger partial charge in [-0.25, -0.2) is 19.2 Å². The number of Topliss-reactive ketones (excluding diaryl/α,β-unsaturated/α-hetero) is 1. The van der Waals surface area contributed by atoms with Crippen LogP contribution in [0.3, 0.4) is 0 Å². The number of benzene rings is 1. The molecule has 5 N–H and O–H groups in total. The Morgan fingerprint density at radius 1 is 0.952 bits per heavy atom. The van der Waals surface area contributed by atoms with Gasteiger partial charge in [0.2, 0.25) is 0 Å². The molecule has 11 atom stereocenters. The van der Waals surface area contributed by atoms with Gasteiger partial charge in [0.1, 0.15) is 29.5 Å². The summed E-state index contributed by atoms with van der Waals surface area (Å²) >= 11 is 0. The maximum Gasteiger partial charge on any atom is 0.408 e. The lowest BCUT2D eigenvalue weighted by Crippen LogP contribution is -2.82. The molecule has 17 heteroatoms. The van der Waals surface area contributed by atoms with Crippen LogP contribution in [0.2, 0.25) is 0 Å². The van der Waals surface area contributed by atoms with Crippen LogP contribution in [-0.2, 0) is 42.8 Å². The number of alkyl carbamates (subject to hydrolysis) is 2. The molecule has 62 heavy (non-hydrogen) atoms. The molecule has 5 rings (SSSR count). The summed E-state index contributed by atoms with van der Waals surface area (Å²) in [6.45, 7) is 18.5. The van der Waals surface area contributed by atoms with Crippen LogP contribution < -0.4 is 10.6 Å². The summed E-state index contributed by atoms with van der Waals surface area (Å²) in [5, 5.41) is 42.4. The molecular weight excluding hydrogens is 808 g/mol. The van der Waals surface area contributed by atoms with Crippen molar-refractivity contribution in [2.45, 2.75) is 161 Å². The minimum Gasteiger partial charge on any atom is -0.456 e. The molecule has 3 aliphatic carbocycles. The standard InChI is InChI=1S/C45H62N2O15/c1-22(2)18-27(47-40(55)62-41(7,8)9)32(50)38(53)58-28-20-45(56)36(60-37(52)26-16-14-13-15-17-26)34-43(12,29(49)19-30-44(34,21-57-30)61-25(6)48)35(51)33(59-39(54)46-23(3)4)31(24(28)5)42(45,10)11/h13-18,23,27-30,32-34,36,49-50,56H,19-21H2,1-12H3,(H,46,54)(H,47,55)/t27-,28-,29-,30+,32+,33+,34-,36-,43+,44-,45+/m0/s1. The molecule has 1 heterocycles. The van der Waals surface area contributed by atoms with E-state index in [1.54, 1.807) is 80.5 Å². The number of rotatable bonds is 10. The summed E-state index contributed by atoms with van der Waals surface area (Å²) in [6.07, 6.45) is -11.2. The van der Waals surface area contributed by atoms with Crippen molar-refractivity contribution in [1.29, 1.82) is 0 Å². The maximum atomic E-state index is 15.7. The third-order valence-electron chi connectivity index (χ3n) is 12.6. The molecule has 1 aliphatic heterocycles. The second-order valence-electron chi connectivity index (χ2n) is 19.1. The van der Waals surface area contributed by atoms with Crippen molar-refractivity contribution in [1.82, 2.24) is 10.6 Å². The summed E-state index contributed by atoms with van der Waals surface area (Å²) in [6, 6.07) is 6.01. The van der Waals surface area contributed by atoms with Crippen molar-refractivity contribution >= 4 is 35.9 Å². The monoisotopic (exact) mass is 870 g/mol. The molecule has 1 aromatic rings. The van der Waals surface area contributed by atoms with Gasteiger partial charge >= 0.3 is 30.1 Å². The van der Waals surface area contributed by atoms with Gasteiger partial charge in [-0.05, 0) is 85.6 Å². The number of allylic oxidation sites excluding steroid dienone is 1. The number of hydrogen-bond donors (Lipinski definition) is 5. The Morgan fingerprint density at radius 3 is 2.11 bits per heavy atom. The van der Waals surface area contributed by atoms with E-state index in [1.807, 2.05) is 0 Å². The zero-order valence-corrected chi connectivity index (χ0v) is 37.5. The smallest absolute Gasteiger partial charge is 0.408 e. The Hall–Kier alpha value is -4.84. The molecule has 0 aromatic heterocycles. The van der Waals surface area contributed by atoms with E-state index in [0.29, 0.717) is 5.57 Å². The van der Waals surface area contributed by atoms with Crippen LogP contribution in [0, 0.1) is 16.7 Å². The zero-order chi connectivity index (χ0) is 46.5. The molecule has 0 unspecified atom stereocenters. The second kappa shape index (κ2) is 17.4. The molecule has 1 saturated heterocycles. The highest BCUT2D eigenvalue weighted by atomic mass is 16.6. The van der Waals surface area contributed by atoms with E-state index < -0.39 is 125 Å². The Kier molecular flexibility index (Phi) is 13.5. The number of aliphatic hydroxyl groups is 3. The van der Waals surface area contributed by atoms with Gasteiger partial charge in [0.05, 0.1) is 35.6 Å². The molecule has 2 amide bonds. The third-order valence-corrected chi connectivity index (χ3v) is 12.6. The number of fused-ring (bicyclic) bond motifs is 5. The van der Waals surface area contributed by atoms with Crippen LogP contribution in [-0.4, -0.2) is 123 Å². The topological polar surface area (TPSA) is 243 Å². The normalized spacial score (nSPS) is 32.2. The van der Waals surface area contributed by atoms with E-state index in [2.05, 4.69) is 10.6 Å². The van der Waals surface area contributed by atoms with Crippen LogP contribution in [0.1, 0.15) is 106 Å². The molecule has 0 spiro atoms. The molecule has 2 bridgehead atoms. The Bertz CT molecular complexity index is 2000. The predicted molar refractivity (Wildman–Crippen MR) is 220 cm³/mol. The summed E-state index contributed by atoms with van der Waals surface area (Å²) < 4.78 is 35.8. The van der Waals surface area contributed by atoms with Crippen LogP contribution in [0.15, 0.2) is 53.1 Å². The quantitative estimate of drug-likeness (QED) is 0.127. The van der Waals surface area contributed by atoms with Crippen molar-refractivity contribution in [2.75, 3.05) is 6.61 Å². The van der Waals surface area contributed by atoms with E-state index >= 15 is 4.79 Å². The fraction of sp³-hybridized carbons (Fsp3) is 0.644. The van der Waals surface area contributed by atoms with Gasteiger partial charge in [0.15, 0.2) is 23.6 Å². The lowest BCUT2D eigenvalue weighted by atomic mass is 9.44. The van der Waals surface area contributed by atoms with Crippen LogP contribution in [0.4, 0.5) is 9.59 Å². The van der Waals surface area contributed by atoms with Gasteiger partial charge in [0, 0.05) is 31.2 Å². The fourth-order valence-corrected chi connectivity index (χ4v) is 9.60. The van der Waals surface area contributed by atoms with Crippen molar-refractivity contribution in [3.8, 4) is 0 Å². The maximum absolute atomic E-state index is 15.7. The first-order valence-electron chi connectivity index (χ1n) is 20.8. The number of amides is 2. The molecule has 17 nitrogen and oxygen atoms in total. The number of carbonyl (C=O) groups is 6. The number of esters is 3. The van der Waals surface area contributed by atoms with E-state index in [1.165, 1.54) is 32.1 Å². The summed E-state index contributed by atoms with van der Waals surface area (Å²) in [5.74, 6) is -5.45. The fourth-order valence-electron chi connectivity index (χ4n) is 9.60. The average Bonchev–Trinajstić information content (AvgIpc) is 3.14. The molecule has 3 fully saturated rings. The highest BCUT2D eigenvalue weighted by Crippen LogP contribution is 2.64. The van der Waals surface area contributed by atoms with Gasteiger partial charge in [-0.2, -0.15) is 0 Å². The molecule has 4 aliphatic rings. The van der Waals surface area contributed by atoms with Gasteiger partial charge in [-0.1, -0.05) is 43.7 Å². The Labute approximate surface area is 361 Å². The van der Waals surface area contributed by atoms with Gasteiger partial charge in [0.25, 0.3) is 0 Å². The number of carbonyl (C=O) groups excluding carboxylic acids is 6. The van der Waals surface area contributed by atoms with E-state index in [4.69, 9.17) is 28.4 Å². The van der Waals surface area contributed by atoms with Crippen LogP contribution in [0.5, 0.6) is 0 Å². The van der Waals surface area contributed by atoms with Crippen molar-refractivity contribution in [2.24, 2.45) is 16.7 Å². The lowest BCUT2D eigenvalue weighted by Gasteiger charge is -2.67. The second-order valence-corrected chi connectivity index (χ2v) is 19.1. The number of ketones is 1. The Balaban J connectivity index is 1.76. The van der Waals surface area contributed by atoms with Crippen LogP contribution >= 0.6 is 0 Å². The van der Waals surface area contributed by atoms with E-state index in [9.17, 15) is 39.3 Å². The summed E-state index contributed by atoms with van der Waals surface area (Å²) in [4.78, 5) is 83.5. The lowest BCUT2D eigenvalue weighted by molar-refractivity contribution is -0.345. The molecule has 1 aromatic carbocycles. The molecule has 342 valence electrons. The average molecular weight is 871 g/mol. The zero-order valence-electron chi connectivity index (χ0n) is 37.5. The first kappa shape index (κ1) is 48.2. The van der Waals surface area contributed by atoms with E-state index in [-0.39, 0.29) is 29.7 Å². The largest absolute Gasteiger partial charge is 0.456 e. The first-order valence-corrected chi connectivity index (χ1v) is 20.8. The molecule has 2 saturated carbocycles. The predicted octanol–water partition coefficient (Wildman–Crippen LogP) is 4.00. The van der Waals surface area contributed by atoms with Gasteiger partial charge in [-0.3, -0.25) is 9.59 Å². The minimum atomic E-state index is -2.41. The number of aliphatic hydroxyl groups excluding tert-OH is 2. The highest BCUT2D eigenvalue weighted by Gasteiger charge is 2.78. The summed E-state index contributed by atoms with van der Waals surface area (Å²) in [7, 11) is 0. The van der Waals surface area contributed by atoms with Crippen molar-refractivity contribution in [3.63, 3.8) is 0 Å². The third kappa shape index (κ3) is 8.86. The summed E-state index contributed by atoms with van der Waals surface area (Å²) in [5.41, 5.74) is -8.11. The molecule has 0 radical (unpaired) electrons. The first-order chi connectivity index (χ1) is 28.6. The SMILES string of the molecule is CC(=O)O[C@@]12CO[C@@H]1C[C@H](O)[C@@]1(C)C(=O)[C@H](OC(=O)NC(C)C)C3=C(C)[C@@H](OC(=O)[C@H](O)[C@H](C=C(C)C)NC(=O)OC(C)(C)C)C[C@@](O)([C@@H](OC(=O)c4ccccc4)[C@H]21)C3(C)C. The van der Waals surface area contributed by atoms with E-state index in [0.717, 1.165) is 6.92 Å². The number of nitrogens with one attached hydrogen (secondary N) is 2. The number of ether oxygens (including phenoxy) is 6. The van der Waals surface area contributed by atoms with Crippen molar-refractivity contribution < 1.29 is 72.5 Å². The number of hydrogen-bond acceptors (Lipinski definition) is 15. The minimum absolute atomic E-state index is 0.0312. The highest BCUT2D eigenvalue weighted by molar-refractivity contribution is 5.95. The van der Waals surface area contributed by atoms with Crippen molar-refractivity contribution in [3.05, 3.63) is 58.7 Å². The van der Waals surface area contributed by atoms with Gasteiger partial charge < -0.3 is 54.4 Å². The Morgan fingerprint density at radius 2 is 1.58 bits per heavy atom. The molecular formula is C45H62N2O15. The van der Waals surface area contributed by atoms with Crippen LogP contribution in [0.25, 0.3) is 0 Å².